The number of amides is 2. The van der Waals surface area contributed by atoms with Crippen molar-refractivity contribution in [3.05, 3.63) is 35.4 Å². The third-order valence-electron chi connectivity index (χ3n) is 3.56. The molecule has 108 valence electrons. The fourth-order valence-electron chi connectivity index (χ4n) is 2.54. The minimum Gasteiger partial charge on any atom is -0.481 e. The number of urea groups is 1. The molecule has 2 N–H and O–H groups in total. The van der Waals surface area contributed by atoms with Crippen molar-refractivity contribution < 1.29 is 14.7 Å². The summed E-state index contributed by atoms with van der Waals surface area (Å²) in [5, 5.41) is 11.6. The summed E-state index contributed by atoms with van der Waals surface area (Å²) in [6.45, 7) is 3.69. The van der Waals surface area contributed by atoms with E-state index in [0.29, 0.717) is 19.6 Å². The molecule has 1 aromatic carbocycles. The van der Waals surface area contributed by atoms with Crippen LogP contribution in [0.5, 0.6) is 0 Å². The number of aliphatic carboxylic acids is 1. The van der Waals surface area contributed by atoms with Crippen LogP contribution in [0.4, 0.5) is 4.79 Å². The van der Waals surface area contributed by atoms with Gasteiger partial charge in [-0.1, -0.05) is 29.8 Å². The first-order valence-electron chi connectivity index (χ1n) is 6.84. The predicted octanol–water partition coefficient (Wildman–Crippen LogP) is 2.00. The van der Waals surface area contributed by atoms with Crippen molar-refractivity contribution in [2.24, 2.45) is 5.92 Å². The Morgan fingerprint density at radius 3 is 2.95 bits per heavy atom. The molecule has 0 saturated carbocycles. The molecule has 1 aliphatic heterocycles. The van der Waals surface area contributed by atoms with Gasteiger partial charge in [0.2, 0.25) is 0 Å². The van der Waals surface area contributed by atoms with E-state index in [1.165, 1.54) is 5.56 Å². The van der Waals surface area contributed by atoms with Crippen molar-refractivity contribution in [3.63, 3.8) is 0 Å². The van der Waals surface area contributed by atoms with Crippen LogP contribution in [-0.2, 0) is 11.3 Å². The minimum atomic E-state index is -0.794. The highest BCUT2D eigenvalue weighted by Crippen LogP contribution is 2.19. The van der Waals surface area contributed by atoms with Gasteiger partial charge in [-0.2, -0.15) is 0 Å². The Hall–Kier alpha value is -2.04. The van der Waals surface area contributed by atoms with Crippen LogP contribution in [0, 0.1) is 12.8 Å². The molecule has 0 spiro atoms. The van der Waals surface area contributed by atoms with Gasteiger partial charge in [-0.15, -0.1) is 0 Å². The number of nitrogens with one attached hydrogen (secondary N) is 1. The monoisotopic (exact) mass is 276 g/mol. The van der Waals surface area contributed by atoms with Crippen molar-refractivity contribution in [2.75, 3.05) is 13.1 Å². The maximum atomic E-state index is 12.0. The molecule has 1 fully saturated rings. The number of nitrogens with zero attached hydrogens (tertiary/aromatic N) is 1. The zero-order chi connectivity index (χ0) is 14.5. The lowest BCUT2D eigenvalue weighted by molar-refractivity contribution is -0.138. The molecule has 1 unspecified atom stereocenters. The van der Waals surface area contributed by atoms with Gasteiger partial charge in [-0.3, -0.25) is 4.79 Å². The van der Waals surface area contributed by atoms with Crippen molar-refractivity contribution in [2.45, 2.75) is 26.3 Å². The number of carboxylic acid groups (broad SMARTS) is 1. The van der Waals surface area contributed by atoms with Gasteiger partial charge in [-0.05, 0) is 24.8 Å². The summed E-state index contributed by atoms with van der Waals surface area (Å²) in [5.41, 5.74) is 2.24. The summed E-state index contributed by atoms with van der Waals surface area (Å²) in [6.07, 6.45) is 0.909. The largest absolute Gasteiger partial charge is 0.481 e. The molecule has 5 nitrogen and oxygen atoms in total. The first kappa shape index (κ1) is 14.4. The summed E-state index contributed by atoms with van der Waals surface area (Å²) in [6, 6.07) is 7.89. The number of benzene rings is 1. The summed E-state index contributed by atoms with van der Waals surface area (Å²) < 4.78 is 0. The van der Waals surface area contributed by atoms with E-state index < -0.39 is 5.97 Å². The second-order valence-electron chi connectivity index (χ2n) is 5.35. The standard InChI is InChI=1S/C15H20N2O3/c1-11-3-2-4-12(7-11)9-16-15(20)17-6-5-13(10-17)8-14(18)19/h2-4,7,13H,5-6,8-10H2,1H3,(H,16,20)(H,18,19). The Bertz CT molecular complexity index is 502. The topological polar surface area (TPSA) is 69.6 Å². The molecule has 1 aliphatic rings. The molecule has 0 aromatic heterocycles. The summed E-state index contributed by atoms with van der Waals surface area (Å²) in [4.78, 5) is 24.4. The summed E-state index contributed by atoms with van der Waals surface area (Å²) >= 11 is 0. The summed E-state index contributed by atoms with van der Waals surface area (Å²) in [7, 11) is 0. The lowest BCUT2D eigenvalue weighted by Crippen LogP contribution is -2.38. The zero-order valence-electron chi connectivity index (χ0n) is 11.6. The minimum absolute atomic E-state index is 0.0808. The van der Waals surface area contributed by atoms with Crippen LogP contribution < -0.4 is 5.32 Å². The van der Waals surface area contributed by atoms with E-state index in [9.17, 15) is 9.59 Å². The molecule has 2 amide bonds. The van der Waals surface area contributed by atoms with Crippen LogP contribution in [0.1, 0.15) is 24.0 Å². The lowest BCUT2D eigenvalue weighted by atomic mass is 10.1. The van der Waals surface area contributed by atoms with Gasteiger partial charge in [-0.25, -0.2) is 4.79 Å². The average Bonchev–Trinajstić information content (AvgIpc) is 2.84. The third kappa shape index (κ3) is 3.98. The second kappa shape index (κ2) is 6.41. The van der Waals surface area contributed by atoms with Gasteiger partial charge in [0.05, 0.1) is 0 Å². The maximum Gasteiger partial charge on any atom is 0.317 e. The van der Waals surface area contributed by atoms with Crippen molar-refractivity contribution in [1.29, 1.82) is 0 Å². The van der Waals surface area contributed by atoms with Crippen LogP contribution in [-0.4, -0.2) is 35.1 Å². The van der Waals surface area contributed by atoms with Gasteiger partial charge in [0.15, 0.2) is 0 Å². The highest BCUT2D eigenvalue weighted by Gasteiger charge is 2.27. The quantitative estimate of drug-likeness (QED) is 0.883. The van der Waals surface area contributed by atoms with E-state index in [2.05, 4.69) is 5.32 Å². The predicted molar refractivity (Wildman–Crippen MR) is 75.3 cm³/mol. The van der Waals surface area contributed by atoms with E-state index in [-0.39, 0.29) is 18.4 Å². The number of aryl methyl sites for hydroxylation is 1. The highest BCUT2D eigenvalue weighted by molar-refractivity contribution is 5.74. The highest BCUT2D eigenvalue weighted by atomic mass is 16.4. The Morgan fingerprint density at radius 2 is 2.25 bits per heavy atom. The molecule has 0 bridgehead atoms. The number of hydrogen-bond donors (Lipinski definition) is 2. The number of rotatable bonds is 4. The fourth-order valence-corrected chi connectivity index (χ4v) is 2.54. The van der Waals surface area contributed by atoms with Crippen LogP contribution in [0.2, 0.25) is 0 Å². The van der Waals surface area contributed by atoms with Gasteiger partial charge in [0.1, 0.15) is 0 Å². The molecule has 0 radical (unpaired) electrons. The van der Waals surface area contributed by atoms with E-state index in [1.54, 1.807) is 4.90 Å². The Labute approximate surface area is 118 Å². The normalized spacial score (nSPS) is 18.1. The Balaban J connectivity index is 1.80. The molecular formula is C15H20N2O3. The number of carboxylic acids is 1. The first-order chi connectivity index (χ1) is 9.54. The van der Waals surface area contributed by atoms with Crippen molar-refractivity contribution in [1.82, 2.24) is 10.2 Å². The Kier molecular flexibility index (Phi) is 4.61. The van der Waals surface area contributed by atoms with E-state index in [0.717, 1.165) is 12.0 Å². The van der Waals surface area contributed by atoms with Crippen molar-refractivity contribution >= 4 is 12.0 Å². The third-order valence-corrected chi connectivity index (χ3v) is 3.56. The van der Waals surface area contributed by atoms with E-state index in [4.69, 9.17) is 5.11 Å². The number of carbonyl (C=O) groups excluding carboxylic acids is 1. The molecule has 0 aliphatic carbocycles. The van der Waals surface area contributed by atoms with Gasteiger partial charge in [0.25, 0.3) is 0 Å². The molecule has 1 aromatic rings. The number of hydrogen-bond acceptors (Lipinski definition) is 2. The van der Waals surface area contributed by atoms with E-state index >= 15 is 0 Å². The van der Waals surface area contributed by atoms with Gasteiger partial charge >= 0.3 is 12.0 Å². The molecule has 5 heteroatoms. The zero-order valence-corrected chi connectivity index (χ0v) is 11.6. The first-order valence-corrected chi connectivity index (χ1v) is 6.84. The van der Waals surface area contributed by atoms with Crippen molar-refractivity contribution in [3.8, 4) is 0 Å². The SMILES string of the molecule is Cc1cccc(CNC(=O)N2CCC(CC(=O)O)C2)c1. The smallest absolute Gasteiger partial charge is 0.317 e. The molecule has 1 saturated heterocycles. The maximum absolute atomic E-state index is 12.0. The Morgan fingerprint density at radius 1 is 1.45 bits per heavy atom. The number of carbonyl (C=O) groups is 2. The van der Waals surface area contributed by atoms with Crippen LogP contribution in [0.15, 0.2) is 24.3 Å². The molecule has 2 rings (SSSR count). The second-order valence-corrected chi connectivity index (χ2v) is 5.35. The summed E-state index contributed by atoms with van der Waals surface area (Å²) in [5.74, 6) is -0.714. The molecule has 20 heavy (non-hydrogen) atoms. The van der Waals surface area contributed by atoms with Gasteiger partial charge in [0, 0.05) is 26.1 Å². The molecular weight excluding hydrogens is 256 g/mol. The number of likely N-dealkylation sites (tertiary alicyclic amines) is 1. The lowest BCUT2D eigenvalue weighted by Gasteiger charge is -2.17. The molecule has 1 heterocycles. The average molecular weight is 276 g/mol. The van der Waals surface area contributed by atoms with Crippen LogP contribution in [0.25, 0.3) is 0 Å². The van der Waals surface area contributed by atoms with Crippen LogP contribution >= 0.6 is 0 Å². The van der Waals surface area contributed by atoms with Crippen LogP contribution in [0.3, 0.4) is 0 Å². The van der Waals surface area contributed by atoms with Gasteiger partial charge < -0.3 is 15.3 Å². The van der Waals surface area contributed by atoms with E-state index in [1.807, 2.05) is 31.2 Å². The molecule has 1 atom stereocenters. The fraction of sp³-hybridized carbons (Fsp3) is 0.467.